The minimum absolute atomic E-state index is 0.110. The molecule has 4 nitrogen and oxygen atoms in total. The average molecular weight is 209 g/mol. The molecule has 3 N–H and O–H groups in total. The van der Waals surface area contributed by atoms with E-state index in [0.29, 0.717) is 5.69 Å². The fourth-order valence-electron chi connectivity index (χ4n) is 1.48. The van der Waals surface area contributed by atoms with E-state index in [1.54, 1.807) is 6.92 Å². The highest BCUT2D eigenvalue weighted by Gasteiger charge is 2.18. The van der Waals surface area contributed by atoms with Crippen molar-refractivity contribution in [1.29, 1.82) is 0 Å². The molecule has 0 aromatic carbocycles. The number of aromatic nitrogens is 1. The van der Waals surface area contributed by atoms with Crippen LogP contribution in [0, 0.1) is 19.1 Å². The van der Waals surface area contributed by atoms with E-state index in [1.165, 1.54) is 0 Å². The van der Waals surface area contributed by atoms with Crippen molar-refractivity contribution >= 4 is 11.5 Å². The molecule has 0 aliphatic heterocycles. The summed E-state index contributed by atoms with van der Waals surface area (Å²) in [6.45, 7) is 9.78. The summed E-state index contributed by atoms with van der Waals surface area (Å²) in [7, 11) is 0. The zero-order valence-electron chi connectivity index (χ0n) is 10.0. The first-order valence-corrected chi connectivity index (χ1v) is 5.00. The molecule has 1 aromatic heterocycles. The molecule has 0 atom stereocenters. The van der Waals surface area contributed by atoms with Crippen LogP contribution in [0.4, 0.5) is 11.5 Å². The van der Waals surface area contributed by atoms with Gasteiger partial charge in [-0.15, -0.1) is 0 Å². The Morgan fingerprint density at radius 3 is 2.33 bits per heavy atom. The zero-order valence-corrected chi connectivity index (χ0v) is 10.0. The van der Waals surface area contributed by atoms with Gasteiger partial charge < -0.3 is 10.5 Å². The van der Waals surface area contributed by atoms with Crippen LogP contribution in [0.5, 0.6) is 0 Å². The molecule has 0 bridgehead atoms. The number of nitrogens with one attached hydrogen (secondary N) is 1. The third-order valence-corrected chi connectivity index (χ3v) is 2.12. The van der Waals surface area contributed by atoms with Crippen molar-refractivity contribution < 1.29 is 4.73 Å². The first-order valence-electron chi connectivity index (χ1n) is 5.00. The lowest BCUT2D eigenvalue weighted by Crippen LogP contribution is -2.37. The molecular weight excluding hydrogens is 190 g/mol. The summed E-state index contributed by atoms with van der Waals surface area (Å²) in [5.74, 6) is 0.238. The normalized spacial score (nSPS) is 11.5. The van der Waals surface area contributed by atoms with Crippen LogP contribution in [0.15, 0.2) is 6.07 Å². The van der Waals surface area contributed by atoms with Gasteiger partial charge in [-0.1, -0.05) is 0 Å². The Bertz CT molecular complexity index is 380. The van der Waals surface area contributed by atoms with Crippen LogP contribution < -0.4 is 15.8 Å². The fraction of sp³-hybridized carbons (Fsp3) is 0.545. The van der Waals surface area contributed by atoms with Gasteiger partial charge in [0.25, 0.3) is 5.82 Å². The number of pyridine rings is 1. The van der Waals surface area contributed by atoms with E-state index in [-0.39, 0.29) is 11.4 Å². The summed E-state index contributed by atoms with van der Waals surface area (Å²) in [5.41, 5.74) is 8.00. The van der Waals surface area contributed by atoms with Crippen molar-refractivity contribution in [3.63, 3.8) is 0 Å². The number of rotatable bonds is 1. The van der Waals surface area contributed by atoms with Crippen LogP contribution >= 0.6 is 0 Å². The van der Waals surface area contributed by atoms with Gasteiger partial charge in [-0.05, 0) is 46.2 Å². The van der Waals surface area contributed by atoms with E-state index >= 15 is 0 Å². The fourth-order valence-corrected chi connectivity index (χ4v) is 1.48. The van der Waals surface area contributed by atoms with Crippen molar-refractivity contribution in [3.8, 4) is 0 Å². The van der Waals surface area contributed by atoms with E-state index < -0.39 is 0 Å². The predicted molar refractivity (Wildman–Crippen MR) is 62.7 cm³/mol. The number of nitrogen functional groups attached to an aromatic ring is 1. The molecule has 0 fully saturated rings. The van der Waals surface area contributed by atoms with Crippen LogP contribution in [0.3, 0.4) is 0 Å². The van der Waals surface area contributed by atoms with Gasteiger partial charge in [-0.2, -0.15) is 0 Å². The molecule has 1 rings (SSSR count). The minimum atomic E-state index is -0.110. The van der Waals surface area contributed by atoms with E-state index in [0.717, 1.165) is 16.0 Å². The summed E-state index contributed by atoms with van der Waals surface area (Å²) in [5, 5.41) is 14.8. The molecule has 0 saturated heterocycles. The summed E-state index contributed by atoms with van der Waals surface area (Å²) in [6.07, 6.45) is 0. The van der Waals surface area contributed by atoms with Gasteiger partial charge in [0.1, 0.15) is 11.4 Å². The predicted octanol–water partition coefficient (Wildman–Crippen LogP) is 1.73. The third-order valence-electron chi connectivity index (χ3n) is 2.12. The largest absolute Gasteiger partial charge is 0.710 e. The highest BCUT2D eigenvalue weighted by molar-refractivity contribution is 5.64. The van der Waals surface area contributed by atoms with Crippen molar-refractivity contribution in [1.82, 2.24) is 0 Å². The maximum Gasteiger partial charge on any atom is 0.299 e. The topological polar surface area (TPSA) is 65.0 Å². The van der Waals surface area contributed by atoms with Gasteiger partial charge in [-0.3, -0.25) is 5.73 Å². The second-order valence-corrected chi connectivity index (χ2v) is 4.90. The molecule has 0 unspecified atom stereocenters. The lowest BCUT2D eigenvalue weighted by molar-refractivity contribution is -0.596. The molecular formula is C11H19N3O. The second-order valence-electron chi connectivity index (χ2n) is 4.90. The third kappa shape index (κ3) is 2.52. The quantitative estimate of drug-likeness (QED) is 0.547. The minimum Gasteiger partial charge on any atom is -0.710 e. The standard InChI is InChI=1S/C11H19N3O/c1-7-6-8(2)14(15)10(12)9(7)13-11(3,4)5/h6,13H,12H2,1-5H3. The number of nitrogens with two attached hydrogens (primary N) is 1. The van der Waals surface area contributed by atoms with Crippen molar-refractivity contribution in [2.45, 2.75) is 40.2 Å². The molecule has 0 radical (unpaired) electrons. The molecule has 1 heterocycles. The maximum absolute atomic E-state index is 11.6. The average Bonchev–Trinajstić information content (AvgIpc) is 2.07. The Labute approximate surface area is 90.7 Å². The molecule has 1 aromatic rings. The van der Waals surface area contributed by atoms with Crippen LogP contribution in [0.25, 0.3) is 0 Å². The number of hydrogen-bond donors (Lipinski definition) is 2. The van der Waals surface area contributed by atoms with Crippen LogP contribution in [0.2, 0.25) is 0 Å². The summed E-state index contributed by atoms with van der Waals surface area (Å²) in [6, 6.07) is 1.83. The maximum atomic E-state index is 11.6. The zero-order chi connectivity index (χ0) is 11.8. The molecule has 15 heavy (non-hydrogen) atoms. The van der Waals surface area contributed by atoms with Gasteiger partial charge in [-0.25, -0.2) is 4.73 Å². The first-order chi connectivity index (χ1) is 6.72. The van der Waals surface area contributed by atoms with Crippen molar-refractivity contribution in [3.05, 3.63) is 22.5 Å². The van der Waals surface area contributed by atoms with E-state index in [9.17, 15) is 5.21 Å². The van der Waals surface area contributed by atoms with Gasteiger partial charge in [0, 0.05) is 5.54 Å². The summed E-state index contributed by atoms with van der Waals surface area (Å²) in [4.78, 5) is 0. The molecule has 0 aliphatic rings. The highest BCUT2D eigenvalue weighted by atomic mass is 16.5. The van der Waals surface area contributed by atoms with Crippen molar-refractivity contribution in [2.24, 2.45) is 0 Å². The van der Waals surface area contributed by atoms with Gasteiger partial charge in [0.2, 0.25) is 0 Å². The van der Waals surface area contributed by atoms with E-state index in [1.807, 2.05) is 33.8 Å². The van der Waals surface area contributed by atoms with Crippen LogP contribution in [0.1, 0.15) is 32.0 Å². The van der Waals surface area contributed by atoms with Gasteiger partial charge >= 0.3 is 0 Å². The van der Waals surface area contributed by atoms with Gasteiger partial charge in [0.05, 0.1) is 0 Å². The SMILES string of the molecule is Cc1cc(C)[n+]([O-])c(N)c1NC(C)(C)C. The monoisotopic (exact) mass is 209 g/mol. The lowest BCUT2D eigenvalue weighted by atomic mass is 10.1. The summed E-state index contributed by atoms with van der Waals surface area (Å²) < 4.78 is 0.751. The Kier molecular flexibility index (Phi) is 2.79. The number of aryl methyl sites for hydroxylation is 2. The Morgan fingerprint density at radius 1 is 1.33 bits per heavy atom. The molecule has 4 heteroatoms. The summed E-state index contributed by atoms with van der Waals surface area (Å²) >= 11 is 0. The van der Waals surface area contributed by atoms with Crippen molar-refractivity contribution in [2.75, 3.05) is 11.1 Å². The number of nitrogens with zero attached hydrogens (tertiary/aromatic N) is 1. The second kappa shape index (κ2) is 3.61. The van der Waals surface area contributed by atoms with Crippen LogP contribution in [-0.2, 0) is 0 Å². The van der Waals surface area contributed by atoms with E-state index in [2.05, 4.69) is 5.32 Å². The smallest absolute Gasteiger partial charge is 0.299 e. The Hall–Kier alpha value is -1.45. The highest BCUT2D eigenvalue weighted by Crippen LogP contribution is 2.23. The molecule has 84 valence electrons. The molecule has 0 saturated carbocycles. The molecule has 0 spiro atoms. The Balaban J connectivity index is 3.24. The first kappa shape index (κ1) is 11.6. The number of hydrogen-bond acceptors (Lipinski definition) is 3. The Morgan fingerprint density at radius 2 is 1.87 bits per heavy atom. The van der Waals surface area contributed by atoms with Gasteiger partial charge in [0.15, 0.2) is 0 Å². The number of anilines is 2. The van der Waals surface area contributed by atoms with Crippen LogP contribution in [-0.4, -0.2) is 5.54 Å². The molecule has 0 amide bonds. The molecule has 0 aliphatic carbocycles. The lowest BCUT2D eigenvalue weighted by Gasteiger charge is -2.24. The van der Waals surface area contributed by atoms with E-state index in [4.69, 9.17) is 5.73 Å².